The molecule has 0 fully saturated rings. The van der Waals surface area contributed by atoms with Gasteiger partial charge in [0.1, 0.15) is 12.2 Å². The molecule has 0 saturated heterocycles. The SMILES string of the molecule is O=C(NCC#Cc1ccc(C(F)(F)F)cc1[N+](=O)[O-])OCc1ccccc1. The van der Waals surface area contributed by atoms with E-state index in [1.165, 1.54) is 0 Å². The largest absolute Gasteiger partial charge is 0.445 e. The minimum Gasteiger partial charge on any atom is -0.445 e. The number of hydrogen-bond donors (Lipinski definition) is 1. The quantitative estimate of drug-likeness (QED) is 0.497. The molecule has 27 heavy (non-hydrogen) atoms. The molecule has 2 aromatic carbocycles. The molecule has 0 atom stereocenters. The average Bonchev–Trinajstić information content (AvgIpc) is 2.63. The van der Waals surface area contributed by atoms with Crippen molar-refractivity contribution < 1.29 is 27.6 Å². The van der Waals surface area contributed by atoms with Gasteiger partial charge in [0, 0.05) is 6.07 Å². The molecule has 140 valence electrons. The Hall–Kier alpha value is -3.54. The van der Waals surface area contributed by atoms with E-state index >= 15 is 0 Å². The van der Waals surface area contributed by atoms with Crippen molar-refractivity contribution in [2.45, 2.75) is 12.8 Å². The first-order valence-corrected chi connectivity index (χ1v) is 7.56. The normalized spacial score (nSPS) is 10.5. The highest BCUT2D eigenvalue weighted by molar-refractivity contribution is 5.67. The third-order valence-corrected chi connectivity index (χ3v) is 3.28. The molecule has 0 aliphatic rings. The minimum atomic E-state index is -4.69. The van der Waals surface area contributed by atoms with Crippen LogP contribution in [-0.2, 0) is 17.5 Å². The number of ether oxygens (including phenoxy) is 1. The predicted octanol–water partition coefficient (Wildman–Crippen LogP) is 3.89. The van der Waals surface area contributed by atoms with E-state index in [0.717, 1.165) is 11.6 Å². The van der Waals surface area contributed by atoms with Gasteiger partial charge in [-0.15, -0.1) is 0 Å². The fraction of sp³-hybridized carbons (Fsp3) is 0.167. The number of amides is 1. The number of benzene rings is 2. The van der Waals surface area contributed by atoms with E-state index in [0.29, 0.717) is 12.1 Å². The van der Waals surface area contributed by atoms with Crippen LogP contribution in [0.15, 0.2) is 48.5 Å². The van der Waals surface area contributed by atoms with Crippen molar-refractivity contribution in [2.75, 3.05) is 6.54 Å². The second-order valence-electron chi connectivity index (χ2n) is 5.20. The highest BCUT2D eigenvalue weighted by Crippen LogP contribution is 2.32. The van der Waals surface area contributed by atoms with E-state index in [1.807, 2.05) is 6.07 Å². The van der Waals surface area contributed by atoms with Crippen molar-refractivity contribution in [3.8, 4) is 11.8 Å². The Balaban J connectivity index is 1.95. The highest BCUT2D eigenvalue weighted by Gasteiger charge is 2.32. The number of alkyl carbamates (subject to hydrolysis) is 1. The molecule has 1 N–H and O–H groups in total. The van der Waals surface area contributed by atoms with E-state index in [-0.39, 0.29) is 18.7 Å². The maximum Gasteiger partial charge on any atom is 0.416 e. The van der Waals surface area contributed by atoms with Gasteiger partial charge in [-0.05, 0) is 17.7 Å². The first-order chi connectivity index (χ1) is 12.8. The van der Waals surface area contributed by atoms with E-state index in [9.17, 15) is 28.1 Å². The van der Waals surface area contributed by atoms with Crippen LogP contribution in [0.2, 0.25) is 0 Å². The molecule has 0 bridgehead atoms. The summed E-state index contributed by atoms with van der Waals surface area (Å²) in [4.78, 5) is 21.5. The summed E-state index contributed by atoms with van der Waals surface area (Å²) in [7, 11) is 0. The lowest BCUT2D eigenvalue weighted by molar-refractivity contribution is -0.385. The van der Waals surface area contributed by atoms with Gasteiger partial charge in [-0.25, -0.2) is 4.79 Å². The Morgan fingerprint density at radius 3 is 2.52 bits per heavy atom. The second-order valence-corrected chi connectivity index (χ2v) is 5.20. The highest BCUT2D eigenvalue weighted by atomic mass is 19.4. The van der Waals surface area contributed by atoms with Gasteiger partial charge in [0.25, 0.3) is 5.69 Å². The molecule has 6 nitrogen and oxygen atoms in total. The number of halogens is 3. The van der Waals surface area contributed by atoms with Gasteiger partial charge in [-0.2, -0.15) is 13.2 Å². The van der Waals surface area contributed by atoms with Gasteiger partial charge in [-0.1, -0.05) is 42.2 Å². The number of rotatable bonds is 4. The van der Waals surface area contributed by atoms with E-state index in [2.05, 4.69) is 17.2 Å². The number of carbonyl (C=O) groups is 1. The van der Waals surface area contributed by atoms with Crippen LogP contribution in [-0.4, -0.2) is 17.6 Å². The fourth-order valence-electron chi connectivity index (χ4n) is 1.99. The third-order valence-electron chi connectivity index (χ3n) is 3.28. The number of nitrogens with zero attached hydrogens (tertiary/aromatic N) is 1. The summed E-state index contributed by atoms with van der Waals surface area (Å²) < 4.78 is 42.8. The van der Waals surface area contributed by atoms with Crippen molar-refractivity contribution >= 4 is 11.8 Å². The summed E-state index contributed by atoms with van der Waals surface area (Å²) in [5.41, 5.74) is -1.29. The maximum atomic E-state index is 12.6. The molecule has 0 aromatic heterocycles. The monoisotopic (exact) mass is 378 g/mol. The van der Waals surface area contributed by atoms with Crippen LogP contribution in [0.5, 0.6) is 0 Å². The number of nitrogens with one attached hydrogen (secondary N) is 1. The summed E-state index contributed by atoms with van der Waals surface area (Å²) in [6, 6.07) is 11.0. The molecule has 0 aliphatic carbocycles. The number of nitro benzene ring substituents is 1. The van der Waals surface area contributed by atoms with Crippen LogP contribution < -0.4 is 5.32 Å². The summed E-state index contributed by atoms with van der Waals surface area (Å²) in [5, 5.41) is 13.3. The van der Waals surface area contributed by atoms with E-state index in [1.54, 1.807) is 24.3 Å². The Bertz CT molecular complexity index is 887. The van der Waals surface area contributed by atoms with Crippen molar-refractivity contribution in [2.24, 2.45) is 0 Å². The van der Waals surface area contributed by atoms with Crippen molar-refractivity contribution in [3.63, 3.8) is 0 Å². The van der Waals surface area contributed by atoms with E-state index < -0.39 is 28.4 Å². The number of carbonyl (C=O) groups excluding carboxylic acids is 1. The molecule has 0 heterocycles. The molecular formula is C18H13F3N2O4. The molecule has 0 aliphatic heterocycles. The molecule has 2 rings (SSSR count). The summed E-state index contributed by atoms with van der Waals surface area (Å²) in [6.45, 7) is -0.129. The molecule has 0 unspecified atom stereocenters. The van der Waals surface area contributed by atoms with Gasteiger partial charge in [-0.3, -0.25) is 10.1 Å². The minimum absolute atomic E-state index is 0.0600. The van der Waals surface area contributed by atoms with Gasteiger partial charge < -0.3 is 10.1 Å². The molecule has 0 saturated carbocycles. The van der Waals surface area contributed by atoms with Crippen molar-refractivity contribution in [1.29, 1.82) is 0 Å². The smallest absolute Gasteiger partial charge is 0.416 e. The standard InChI is InChI=1S/C18H13F3N2O4/c19-18(20,21)15-9-8-14(16(11-15)23(25)26)7-4-10-22-17(24)27-12-13-5-2-1-3-6-13/h1-3,5-6,8-9,11H,10,12H2,(H,22,24). The average molecular weight is 378 g/mol. The summed E-state index contributed by atoms with van der Waals surface area (Å²) >= 11 is 0. The number of nitro groups is 1. The summed E-state index contributed by atoms with van der Waals surface area (Å²) in [5.74, 6) is 4.81. The lowest BCUT2D eigenvalue weighted by atomic mass is 10.1. The molecule has 0 radical (unpaired) electrons. The lowest BCUT2D eigenvalue weighted by Gasteiger charge is -2.06. The van der Waals surface area contributed by atoms with Crippen LogP contribution >= 0.6 is 0 Å². The van der Waals surface area contributed by atoms with Crippen LogP contribution in [0.3, 0.4) is 0 Å². The van der Waals surface area contributed by atoms with Crippen LogP contribution in [0.25, 0.3) is 0 Å². The first-order valence-electron chi connectivity index (χ1n) is 7.56. The van der Waals surface area contributed by atoms with Gasteiger partial charge in [0.15, 0.2) is 0 Å². The van der Waals surface area contributed by atoms with E-state index in [4.69, 9.17) is 4.74 Å². The van der Waals surface area contributed by atoms with Gasteiger partial charge in [0.05, 0.1) is 17.0 Å². The van der Waals surface area contributed by atoms with Crippen LogP contribution in [0, 0.1) is 22.0 Å². The second kappa shape index (κ2) is 8.71. The zero-order valence-corrected chi connectivity index (χ0v) is 13.7. The zero-order valence-electron chi connectivity index (χ0n) is 13.7. The fourth-order valence-corrected chi connectivity index (χ4v) is 1.99. The lowest BCUT2D eigenvalue weighted by Crippen LogP contribution is -2.24. The molecule has 1 amide bonds. The Labute approximate surface area is 152 Å². The number of hydrogen-bond acceptors (Lipinski definition) is 4. The molecule has 0 spiro atoms. The topological polar surface area (TPSA) is 81.5 Å². The number of alkyl halides is 3. The first kappa shape index (κ1) is 19.8. The Kier molecular flexibility index (Phi) is 6.38. The Morgan fingerprint density at radius 1 is 1.19 bits per heavy atom. The molecular weight excluding hydrogens is 365 g/mol. The summed E-state index contributed by atoms with van der Waals surface area (Å²) in [6.07, 6.45) is -5.43. The Morgan fingerprint density at radius 2 is 1.89 bits per heavy atom. The van der Waals surface area contributed by atoms with Crippen molar-refractivity contribution in [3.05, 3.63) is 75.3 Å². The van der Waals surface area contributed by atoms with Crippen molar-refractivity contribution in [1.82, 2.24) is 5.32 Å². The van der Waals surface area contributed by atoms with Crippen LogP contribution in [0.4, 0.5) is 23.7 Å². The maximum absolute atomic E-state index is 12.6. The zero-order chi connectivity index (χ0) is 19.9. The van der Waals surface area contributed by atoms with Crippen LogP contribution in [0.1, 0.15) is 16.7 Å². The predicted molar refractivity (Wildman–Crippen MR) is 89.6 cm³/mol. The molecule has 2 aromatic rings. The van der Waals surface area contributed by atoms with Gasteiger partial charge >= 0.3 is 12.3 Å². The third kappa shape index (κ3) is 6.04. The molecule has 9 heteroatoms. The van der Waals surface area contributed by atoms with Gasteiger partial charge in [0.2, 0.25) is 0 Å².